The quantitative estimate of drug-likeness (QED) is 0.192. The first-order chi connectivity index (χ1) is 18.0. The molecule has 9 heteroatoms. The van der Waals surface area contributed by atoms with Gasteiger partial charge in [-0.25, -0.2) is 4.79 Å². The second-order valence-electron chi connectivity index (χ2n) is 8.16. The van der Waals surface area contributed by atoms with E-state index in [0.717, 1.165) is 11.1 Å². The van der Waals surface area contributed by atoms with E-state index in [1.165, 1.54) is 0 Å². The molecule has 37 heavy (non-hydrogen) atoms. The number of nitrogens with one attached hydrogen (secondary N) is 2. The second-order valence-corrected chi connectivity index (χ2v) is 8.16. The summed E-state index contributed by atoms with van der Waals surface area (Å²) in [5.41, 5.74) is 1.55. The Hall–Kier alpha value is -3.82. The number of rotatable bonds is 15. The predicted molar refractivity (Wildman–Crippen MR) is 138 cm³/mol. The molecule has 3 N–H and O–H groups in total. The van der Waals surface area contributed by atoms with Crippen molar-refractivity contribution in [3.63, 3.8) is 0 Å². The summed E-state index contributed by atoms with van der Waals surface area (Å²) >= 11 is 0. The minimum atomic E-state index is -1.12. The summed E-state index contributed by atoms with van der Waals surface area (Å²) in [7, 11) is 0. The van der Waals surface area contributed by atoms with E-state index in [-0.39, 0.29) is 24.6 Å². The van der Waals surface area contributed by atoms with Gasteiger partial charge in [0.25, 0.3) is 5.91 Å². The van der Waals surface area contributed by atoms with Gasteiger partial charge in [0.1, 0.15) is 18.1 Å². The van der Waals surface area contributed by atoms with Crippen LogP contribution in [0.2, 0.25) is 0 Å². The molecule has 0 aliphatic rings. The standard InChI is InChI=1S/C28H34N2O7/c1-3-34-25(35-4-2)14-9-17-29-27(31)24-16-15-23(37-24)19-36-22-13-8-12-21(18-22)26(30-28(32)33)20-10-6-5-7-11-20/h5-8,10-13,15-16,18,25-26,30H,3-4,9,14,17,19H2,1-2H3,(H,29,31)(H,32,33)/t26-/m0/s1. The average Bonchev–Trinajstić information content (AvgIpc) is 3.38. The van der Waals surface area contributed by atoms with Crippen LogP contribution in [0, 0.1) is 0 Å². The van der Waals surface area contributed by atoms with Gasteiger partial charge in [-0.2, -0.15) is 0 Å². The van der Waals surface area contributed by atoms with Crippen LogP contribution >= 0.6 is 0 Å². The van der Waals surface area contributed by atoms with Gasteiger partial charge in [0, 0.05) is 26.2 Å². The third kappa shape index (κ3) is 8.96. The van der Waals surface area contributed by atoms with Crippen LogP contribution in [0.4, 0.5) is 4.79 Å². The van der Waals surface area contributed by atoms with Crippen molar-refractivity contribution in [3.8, 4) is 5.75 Å². The fourth-order valence-corrected chi connectivity index (χ4v) is 3.79. The highest BCUT2D eigenvalue weighted by Gasteiger charge is 2.17. The number of carbonyl (C=O) groups is 2. The number of hydrogen-bond donors (Lipinski definition) is 3. The lowest BCUT2D eigenvalue weighted by Crippen LogP contribution is -2.27. The Morgan fingerprint density at radius 3 is 2.38 bits per heavy atom. The molecule has 0 radical (unpaired) electrons. The number of carboxylic acid groups (broad SMARTS) is 1. The molecular formula is C28H34N2O7. The summed E-state index contributed by atoms with van der Waals surface area (Å²) in [6.07, 6.45) is 0.0146. The van der Waals surface area contributed by atoms with E-state index in [0.29, 0.717) is 44.1 Å². The Labute approximate surface area is 216 Å². The van der Waals surface area contributed by atoms with E-state index in [1.54, 1.807) is 30.3 Å². The highest BCUT2D eigenvalue weighted by molar-refractivity contribution is 5.91. The van der Waals surface area contributed by atoms with E-state index in [4.69, 9.17) is 18.6 Å². The van der Waals surface area contributed by atoms with Crippen LogP contribution in [0.3, 0.4) is 0 Å². The number of carbonyl (C=O) groups excluding carboxylic acids is 1. The summed E-state index contributed by atoms with van der Waals surface area (Å²) in [6, 6.07) is 19.3. The maximum Gasteiger partial charge on any atom is 0.405 e. The van der Waals surface area contributed by atoms with Crippen LogP contribution < -0.4 is 15.4 Å². The van der Waals surface area contributed by atoms with Crippen LogP contribution in [-0.4, -0.2) is 43.2 Å². The fourth-order valence-electron chi connectivity index (χ4n) is 3.79. The second kappa shape index (κ2) is 14.7. The first kappa shape index (κ1) is 27.8. The zero-order valence-corrected chi connectivity index (χ0v) is 21.1. The van der Waals surface area contributed by atoms with Gasteiger partial charge in [0.05, 0.1) is 6.04 Å². The molecule has 0 saturated heterocycles. The van der Waals surface area contributed by atoms with Crippen molar-refractivity contribution in [1.82, 2.24) is 10.6 Å². The third-order valence-electron chi connectivity index (χ3n) is 5.47. The van der Waals surface area contributed by atoms with Crippen molar-refractivity contribution in [2.75, 3.05) is 19.8 Å². The molecule has 2 aromatic carbocycles. The van der Waals surface area contributed by atoms with Crippen molar-refractivity contribution >= 4 is 12.0 Å². The number of ether oxygens (including phenoxy) is 3. The van der Waals surface area contributed by atoms with Gasteiger partial charge in [-0.05, 0) is 55.7 Å². The van der Waals surface area contributed by atoms with Crippen molar-refractivity contribution in [2.45, 2.75) is 45.6 Å². The molecule has 2 amide bonds. The number of amides is 2. The molecule has 1 atom stereocenters. The smallest absolute Gasteiger partial charge is 0.405 e. The Kier molecular flexibility index (Phi) is 11.0. The molecule has 0 fully saturated rings. The molecule has 198 valence electrons. The molecule has 0 spiro atoms. The van der Waals surface area contributed by atoms with E-state index in [9.17, 15) is 14.7 Å². The van der Waals surface area contributed by atoms with Crippen LogP contribution in [0.1, 0.15) is 60.2 Å². The zero-order chi connectivity index (χ0) is 26.5. The SMILES string of the molecule is CCOC(CCCNC(=O)c1ccc(COc2cccc([C@@H](NC(=O)O)c3ccccc3)c2)o1)OCC. The van der Waals surface area contributed by atoms with Crippen LogP contribution in [0.5, 0.6) is 5.75 Å². The van der Waals surface area contributed by atoms with Crippen molar-refractivity contribution in [2.24, 2.45) is 0 Å². The van der Waals surface area contributed by atoms with Gasteiger partial charge in [-0.15, -0.1) is 0 Å². The number of hydrogen-bond acceptors (Lipinski definition) is 6. The van der Waals surface area contributed by atoms with Gasteiger partial charge in [-0.1, -0.05) is 42.5 Å². The molecule has 3 rings (SSSR count). The summed E-state index contributed by atoms with van der Waals surface area (Å²) in [4.78, 5) is 23.8. The molecule has 0 unspecified atom stereocenters. The van der Waals surface area contributed by atoms with Gasteiger partial charge in [-0.3, -0.25) is 4.79 Å². The van der Waals surface area contributed by atoms with Gasteiger partial charge >= 0.3 is 6.09 Å². The minimum Gasteiger partial charge on any atom is -0.486 e. The molecule has 9 nitrogen and oxygen atoms in total. The highest BCUT2D eigenvalue weighted by atomic mass is 16.7. The topological polar surface area (TPSA) is 119 Å². The average molecular weight is 511 g/mol. The van der Waals surface area contributed by atoms with E-state index in [1.807, 2.05) is 50.2 Å². The monoisotopic (exact) mass is 510 g/mol. The molecule has 1 aromatic heterocycles. The summed E-state index contributed by atoms with van der Waals surface area (Å²) in [5.74, 6) is 0.939. The van der Waals surface area contributed by atoms with E-state index >= 15 is 0 Å². The first-order valence-electron chi connectivity index (χ1n) is 12.4. The van der Waals surface area contributed by atoms with E-state index in [2.05, 4.69) is 10.6 Å². The summed E-state index contributed by atoms with van der Waals surface area (Å²) < 4.78 is 22.5. The largest absolute Gasteiger partial charge is 0.486 e. The Balaban J connectivity index is 1.53. The Morgan fingerprint density at radius 1 is 0.946 bits per heavy atom. The maximum absolute atomic E-state index is 12.4. The lowest BCUT2D eigenvalue weighted by Gasteiger charge is -2.18. The maximum atomic E-state index is 12.4. The number of furan rings is 1. The molecule has 0 saturated carbocycles. The number of benzene rings is 2. The van der Waals surface area contributed by atoms with Crippen LogP contribution in [0.15, 0.2) is 71.1 Å². The lowest BCUT2D eigenvalue weighted by atomic mass is 9.99. The van der Waals surface area contributed by atoms with Crippen LogP contribution in [0.25, 0.3) is 0 Å². The summed E-state index contributed by atoms with van der Waals surface area (Å²) in [5, 5.41) is 14.7. The first-order valence-corrected chi connectivity index (χ1v) is 12.4. The van der Waals surface area contributed by atoms with E-state index < -0.39 is 12.1 Å². The lowest BCUT2D eigenvalue weighted by molar-refractivity contribution is -0.139. The van der Waals surface area contributed by atoms with Crippen molar-refractivity contribution < 1.29 is 33.3 Å². The fraction of sp³-hybridized carbons (Fsp3) is 0.357. The Bertz CT molecular complexity index is 1110. The molecule has 1 heterocycles. The highest BCUT2D eigenvalue weighted by Crippen LogP contribution is 2.26. The zero-order valence-electron chi connectivity index (χ0n) is 21.1. The predicted octanol–water partition coefficient (Wildman–Crippen LogP) is 5.12. The van der Waals surface area contributed by atoms with Crippen molar-refractivity contribution in [3.05, 3.63) is 89.4 Å². The molecule has 0 aliphatic heterocycles. The van der Waals surface area contributed by atoms with Gasteiger partial charge in [0.15, 0.2) is 12.1 Å². The minimum absolute atomic E-state index is 0.115. The molecule has 0 aliphatic carbocycles. The van der Waals surface area contributed by atoms with Crippen LogP contribution in [-0.2, 0) is 16.1 Å². The molecule has 3 aromatic rings. The van der Waals surface area contributed by atoms with Crippen molar-refractivity contribution in [1.29, 1.82) is 0 Å². The van der Waals surface area contributed by atoms with Gasteiger partial charge in [0.2, 0.25) is 0 Å². The normalized spacial score (nSPS) is 11.8. The third-order valence-corrected chi connectivity index (χ3v) is 5.47. The Morgan fingerprint density at radius 2 is 1.68 bits per heavy atom. The molecule has 0 bridgehead atoms. The molecular weight excluding hydrogens is 476 g/mol. The van der Waals surface area contributed by atoms with Gasteiger partial charge < -0.3 is 34.4 Å². The summed E-state index contributed by atoms with van der Waals surface area (Å²) in [6.45, 7) is 5.57.